The Morgan fingerprint density at radius 3 is 2.62 bits per heavy atom. The number of fused-ring (bicyclic) bond motifs is 1. The lowest BCUT2D eigenvalue weighted by atomic mass is 9.84. The zero-order chi connectivity index (χ0) is 22.9. The van der Waals surface area contributed by atoms with Crippen LogP contribution < -0.4 is 14.3 Å². The molecule has 0 atom stereocenters. The SMILES string of the molecule is CCc1ccc2n(cn[n+]2CC(=O)c2cc(N3CCOCC3)c(OC)c(C(C)(C)C)c2)n1. The molecular weight excluding hydrogens is 406 g/mol. The van der Waals surface area contributed by atoms with Crippen molar-refractivity contribution in [2.45, 2.75) is 46.1 Å². The number of ether oxygens (including phenoxy) is 2. The van der Waals surface area contributed by atoms with Crippen LogP contribution in [0.15, 0.2) is 30.6 Å². The number of anilines is 1. The lowest BCUT2D eigenvalue weighted by Gasteiger charge is -2.33. The molecule has 0 saturated carbocycles. The zero-order valence-electron chi connectivity index (χ0n) is 19.6. The van der Waals surface area contributed by atoms with E-state index in [2.05, 4.69) is 42.8 Å². The number of benzene rings is 1. The van der Waals surface area contributed by atoms with E-state index in [4.69, 9.17) is 9.47 Å². The van der Waals surface area contributed by atoms with Crippen molar-refractivity contribution >= 4 is 17.1 Å². The second-order valence-electron chi connectivity index (χ2n) is 9.12. The average Bonchev–Trinajstić information content (AvgIpc) is 3.19. The number of hydrogen-bond acceptors (Lipinski definition) is 6. The van der Waals surface area contributed by atoms with Gasteiger partial charge in [0.25, 0.3) is 6.33 Å². The molecule has 32 heavy (non-hydrogen) atoms. The molecule has 8 heteroatoms. The Morgan fingerprint density at radius 1 is 1.22 bits per heavy atom. The first-order valence-corrected chi connectivity index (χ1v) is 11.1. The van der Waals surface area contributed by atoms with E-state index in [9.17, 15) is 4.79 Å². The van der Waals surface area contributed by atoms with Crippen molar-refractivity contribution < 1.29 is 19.0 Å². The molecule has 0 bridgehead atoms. The van der Waals surface area contributed by atoms with Crippen LogP contribution in [0.5, 0.6) is 5.75 Å². The minimum Gasteiger partial charge on any atom is -0.494 e. The number of Topliss-reactive ketones (excluding diaryl/α,β-unsaturated/α-hetero) is 1. The van der Waals surface area contributed by atoms with Gasteiger partial charge in [-0.05, 0) is 35.1 Å². The fourth-order valence-corrected chi connectivity index (χ4v) is 4.05. The molecule has 1 aromatic carbocycles. The molecule has 0 N–H and O–H groups in total. The fraction of sp³-hybridized carbons (Fsp3) is 0.500. The number of hydrogen-bond donors (Lipinski definition) is 0. The van der Waals surface area contributed by atoms with Crippen LogP contribution in [0.2, 0.25) is 0 Å². The summed E-state index contributed by atoms with van der Waals surface area (Å²) >= 11 is 0. The van der Waals surface area contributed by atoms with Gasteiger partial charge in [-0.15, -0.1) is 4.68 Å². The first-order valence-electron chi connectivity index (χ1n) is 11.1. The van der Waals surface area contributed by atoms with E-state index in [0.29, 0.717) is 18.8 Å². The lowest BCUT2D eigenvalue weighted by Crippen LogP contribution is -2.40. The van der Waals surface area contributed by atoms with Gasteiger partial charge in [0.1, 0.15) is 5.75 Å². The van der Waals surface area contributed by atoms with Gasteiger partial charge in [-0.1, -0.05) is 37.3 Å². The van der Waals surface area contributed by atoms with Crippen LogP contribution in [-0.4, -0.2) is 53.9 Å². The lowest BCUT2D eigenvalue weighted by molar-refractivity contribution is -0.715. The molecule has 3 heterocycles. The predicted molar refractivity (Wildman–Crippen MR) is 122 cm³/mol. The number of methoxy groups -OCH3 is 1. The first kappa shape index (κ1) is 22.2. The summed E-state index contributed by atoms with van der Waals surface area (Å²) in [6.07, 6.45) is 2.49. The summed E-state index contributed by atoms with van der Waals surface area (Å²) in [5.74, 6) is 0.824. The second kappa shape index (κ2) is 8.86. The highest BCUT2D eigenvalue weighted by atomic mass is 16.5. The molecule has 0 spiro atoms. The monoisotopic (exact) mass is 438 g/mol. The number of rotatable bonds is 6. The number of aromatic nitrogens is 4. The van der Waals surface area contributed by atoms with Gasteiger partial charge in [0, 0.05) is 30.3 Å². The minimum atomic E-state index is -0.183. The summed E-state index contributed by atoms with van der Waals surface area (Å²) in [5, 5.41) is 8.92. The van der Waals surface area contributed by atoms with Crippen LogP contribution in [0, 0.1) is 0 Å². The summed E-state index contributed by atoms with van der Waals surface area (Å²) in [4.78, 5) is 15.7. The molecule has 3 aromatic rings. The van der Waals surface area contributed by atoms with Crippen molar-refractivity contribution in [1.82, 2.24) is 14.7 Å². The van der Waals surface area contributed by atoms with Gasteiger partial charge in [0.2, 0.25) is 5.78 Å². The summed E-state index contributed by atoms with van der Waals surface area (Å²) < 4.78 is 14.8. The number of ketones is 1. The van der Waals surface area contributed by atoms with E-state index in [0.717, 1.165) is 47.9 Å². The summed E-state index contributed by atoms with van der Waals surface area (Å²) in [5.41, 5.74) is 4.20. The van der Waals surface area contributed by atoms with Gasteiger partial charge in [0.15, 0.2) is 6.54 Å². The molecule has 2 aromatic heterocycles. The zero-order valence-corrected chi connectivity index (χ0v) is 19.6. The predicted octanol–water partition coefficient (Wildman–Crippen LogP) is 2.60. The molecule has 1 fully saturated rings. The molecular formula is C24H32N5O3+. The molecule has 4 rings (SSSR count). The molecule has 170 valence electrons. The van der Waals surface area contributed by atoms with Gasteiger partial charge < -0.3 is 14.4 Å². The molecule has 0 amide bonds. The van der Waals surface area contributed by atoms with Crippen LogP contribution in [0.3, 0.4) is 0 Å². The Labute approximate surface area is 188 Å². The standard InChI is InChI=1S/C24H32N5O3/c1-6-18-7-8-22-28(25-16-29(22)26-18)15-21(30)17-13-19(24(2,3)4)23(31-5)20(14-17)27-9-11-32-12-10-27/h7-8,13-14,16H,6,9-12,15H2,1-5H3/q+1. The summed E-state index contributed by atoms with van der Waals surface area (Å²) in [6.45, 7) is 11.5. The molecule has 8 nitrogen and oxygen atoms in total. The van der Waals surface area contributed by atoms with Crippen molar-refractivity contribution in [2.75, 3.05) is 38.3 Å². The number of nitrogens with zero attached hydrogens (tertiary/aromatic N) is 5. The number of carbonyl (C=O) groups is 1. The van der Waals surface area contributed by atoms with Gasteiger partial charge in [-0.2, -0.15) is 0 Å². The quantitative estimate of drug-likeness (QED) is 0.435. The molecule has 1 saturated heterocycles. The van der Waals surface area contributed by atoms with Crippen LogP contribution in [0.4, 0.5) is 5.69 Å². The van der Waals surface area contributed by atoms with Crippen molar-refractivity contribution in [3.8, 4) is 5.75 Å². The highest BCUT2D eigenvalue weighted by Gasteiger charge is 2.28. The first-order chi connectivity index (χ1) is 15.3. The smallest absolute Gasteiger partial charge is 0.329 e. The maximum absolute atomic E-state index is 13.4. The molecule has 1 aliphatic heterocycles. The van der Waals surface area contributed by atoms with E-state index in [1.165, 1.54) is 0 Å². The molecule has 0 aliphatic carbocycles. The van der Waals surface area contributed by atoms with Gasteiger partial charge in [-0.25, -0.2) is 0 Å². The van der Waals surface area contributed by atoms with Crippen molar-refractivity contribution in [2.24, 2.45) is 0 Å². The van der Waals surface area contributed by atoms with Gasteiger partial charge >= 0.3 is 5.65 Å². The van der Waals surface area contributed by atoms with E-state index >= 15 is 0 Å². The minimum absolute atomic E-state index is 0.00201. The van der Waals surface area contributed by atoms with Crippen LogP contribution in [0.1, 0.15) is 49.3 Å². The largest absolute Gasteiger partial charge is 0.494 e. The summed E-state index contributed by atoms with van der Waals surface area (Å²) in [7, 11) is 1.70. The second-order valence-corrected chi connectivity index (χ2v) is 9.12. The Kier molecular flexibility index (Phi) is 6.15. The Bertz CT molecular complexity index is 1130. The maximum atomic E-state index is 13.4. The van der Waals surface area contributed by atoms with Crippen LogP contribution in [-0.2, 0) is 23.1 Å². The Morgan fingerprint density at radius 2 is 1.97 bits per heavy atom. The van der Waals surface area contributed by atoms with Crippen LogP contribution in [0.25, 0.3) is 5.65 Å². The van der Waals surface area contributed by atoms with Gasteiger partial charge in [0.05, 0.1) is 31.7 Å². The Balaban J connectivity index is 1.73. The Hall–Kier alpha value is -3.00. The average molecular weight is 439 g/mol. The van der Waals surface area contributed by atoms with E-state index in [1.807, 2.05) is 24.3 Å². The van der Waals surface area contributed by atoms with Crippen molar-refractivity contribution in [3.05, 3.63) is 47.4 Å². The molecule has 0 unspecified atom stereocenters. The molecule has 0 radical (unpaired) electrons. The third-order valence-corrected chi connectivity index (χ3v) is 5.87. The van der Waals surface area contributed by atoms with Crippen LogP contribution >= 0.6 is 0 Å². The van der Waals surface area contributed by atoms with Crippen molar-refractivity contribution in [3.63, 3.8) is 0 Å². The number of aryl methyl sites for hydroxylation is 1. The summed E-state index contributed by atoms with van der Waals surface area (Å²) in [6, 6.07) is 7.85. The highest BCUT2D eigenvalue weighted by Crippen LogP contribution is 2.40. The van der Waals surface area contributed by atoms with E-state index in [1.54, 1.807) is 22.6 Å². The topological polar surface area (TPSA) is 72.8 Å². The fourth-order valence-electron chi connectivity index (χ4n) is 4.05. The van der Waals surface area contributed by atoms with Crippen molar-refractivity contribution in [1.29, 1.82) is 0 Å². The van der Waals surface area contributed by atoms with Gasteiger partial charge in [-0.3, -0.25) is 4.79 Å². The molecule has 1 aliphatic rings. The highest BCUT2D eigenvalue weighted by molar-refractivity contribution is 5.97. The van der Waals surface area contributed by atoms with E-state index < -0.39 is 0 Å². The maximum Gasteiger partial charge on any atom is 0.329 e. The third-order valence-electron chi connectivity index (χ3n) is 5.87. The third kappa shape index (κ3) is 4.32. The van der Waals surface area contributed by atoms with E-state index in [-0.39, 0.29) is 17.7 Å². The number of carbonyl (C=O) groups excluding carboxylic acids is 1. The number of morpholine rings is 1. The normalized spacial score (nSPS) is 14.7.